The Hall–Kier alpha value is -3.22. The number of rotatable bonds is 5. The number of aryl methyl sites for hydroxylation is 2. The van der Waals surface area contributed by atoms with Crippen LogP contribution in [-0.2, 0) is 19.0 Å². The number of halogens is 3. The van der Waals surface area contributed by atoms with Crippen molar-refractivity contribution in [2.45, 2.75) is 19.0 Å². The first kappa shape index (κ1) is 18.6. The molecular formula is C20H16F3N3O. The highest BCUT2D eigenvalue weighted by molar-refractivity contribution is 5.90. The van der Waals surface area contributed by atoms with Crippen LogP contribution in [0.3, 0.4) is 0 Å². The molecule has 0 amide bonds. The molecule has 0 atom stereocenters. The number of aromatic nitrogens is 2. The molecule has 0 unspecified atom stereocenters. The van der Waals surface area contributed by atoms with Gasteiger partial charge in [-0.25, -0.2) is 0 Å². The molecule has 27 heavy (non-hydrogen) atoms. The van der Waals surface area contributed by atoms with Crippen molar-refractivity contribution in [3.05, 3.63) is 95.3 Å². The second-order valence-corrected chi connectivity index (χ2v) is 5.92. The molecule has 3 rings (SSSR count). The number of hydrogen-bond donors (Lipinski definition) is 0. The molecule has 0 saturated heterocycles. The van der Waals surface area contributed by atoms with Crippen LogP contribution in [0.1, 0.15) is 22.3 Å². The Balaban J connectivity index is 1.62. The molecule has 7 heteroatoms. The fraction of sp³-hybridized carbons (Fsp3) is 0.150. The quantitative estimate of drug-likeness (QED) is 0.393. The molecule has 0 fully saturated rings. The third kappa shape index (κ3) is 5.13. The van der Waals surface area contributed by atoms with Crippen LogP contribution < -0.4 is 9.90 Å². The third-order valence-corrected chi connectivity index (χ3v) is 3.98. The maximum Gasteiger partial charge on any atom is 0.416 e. The van der Waals surface area contributed by atoms with E-state index in [4.69, 9.17) is 0 Å². The maximum absolute atomic E-state index is 12.6. The Morgan fingerprint density at radius 3 is 2.04 bits per heavy atom. The Kier molecular flexibility index (Phi) is 5.49. The predicted molar refractivity (Wildman–Crippen MR) is 91.7 cm³/mol. The van der Waals surface area contributed by atoms with Gasteiger partial charge in [0.2, 0.25) is 6.20 Å². The SMILES string of the molecule is [O-]/C(=N\[n+]1ccccn1)c1ccc(CCc2ccc(C(F)(F)F)cc2)cc1. The summed E-state index contributed by atoms with van der Waals surface area (Å²) in [5.74, 6) is -0.409. The van der Waals surface area contributed by atoms with Crippen molar-refractivity contribution in [3.63, 3.8) is 0 Å². The maximum atomic E-state index is 12.6. The van der Waals surface area contributed by atoms with Gasteiger partial charge in [-0.3, -0.25) is 0 Å². The molecule has 138 valence electrons. The van der Waals surface area contributed by atoms with Crippen LogP contribution in [-0.4, -0.2) is 11.0 Å². The summed E-state index contributed by atoms with van der Waals surface area (Å²) in [6.07, 6.45) is 0.0442. The highest BCUT2D eigenvalue weighted by atomic mass is 19.4. The largest absolute Gasteiger partial charge is 0.854 e. The van der Waals surface area contributed by atoms with Gasteiger partial charge in [0, 0.05) is 16.3 Å². The molecule has 1 aromatic heterocycles. The van der Waals surface area contributed by atoms with E-state index >= 15 is 0 Å². The lowest BCUT2D eigenvalue weighted by Gasteiger charge is -2.09. The highest BCUT2D eigenvalue weighted by Crippen LogP contribution is 2.29. The van der Waals surface area contributed by atoms with Crippen LogP contribution in [0.15, 0.2) is 78.2 Å². The molecule has 0 radical (unpaired) electrons. The van der Waals surface area contributed by atoms with E-state index in [1.54, 1.807) is 30.5 Å². The molecular weight excluding hydrogens is 355 g/mol. The minimum Gasteiger partial charge on any atom is -0.854 e. The summed E-state index contributed by atoms with van der Waals surface area (Å²) in [4.78, 5) is 1.20. The number of hydrogen-bond acceptors (Lipinski definition) is 3. The van der Waals surface area contributed by atoms with Crippen molar-refractivity contribution in [1.82, 2.24) is 5.10 Å². The Morgan fingerprint density at radius 2 is 1.52 bits per heavy atom. The summed E-state index contributed by atoms with van der Waals surface area (Å²) >= 11 is 0. The molecule has 0 aliphatic heterocycles. The molecule has 3 aromatic rings. The van der Waals surface area contributed by atoms with Crippen LogP contribution >= 0.6 is 0 Å². The second-order valence-electron chi connectivity index (χ2n) is 5.92. The van der Waals surface area contributed by atoms with Crippen LogP contribution in [0.25, 0.3) is 0 Å². The van der Waals surface area contributed by atoms with E-state index < -0.39 is 17.6 Å². The monoisotopic (exact) mass is 371 g/mol. The first-order valence-electron chi connectivity index (χ1n) is 8.26. The first-order valence-corrected chi connectivity index (χ1v) is 8.26. The topological polar surface area (TPSA) is 52.2 Å². The summed E-state index contributed by atoms with van der Waals surface area (Å²) in [5, 5.41) is 19.9. The second kappa shape index (κ2) is 7.99. The zero-order chi connectivity index (χ0) is 19.3. The van der Waals surface area contributed by atoms with Gasteiger partial charge in [0.25, 0.3) is 0 Å². The highest BCUT2D eigenvalue weighted by Gasteiger charge is 2.29. The van der Waals surface area contributed by atoms with Crippen molar-refractivity contribution >= 4 is 5.90 Å². The van der Waals surface area contributed by atoms with E-state index in [9.17, 15) is 18.3 Å². The summed E-state index contributed by atoms with van der Waals surface area (Å²) in [5.41, 5.74) is 1.59. The smallest absolute Gasteiger partial charge is 0.416 e. The zero-order valence-corrected chi connectivity index (χ0v) is 14.2. The Bertz CT molecular complexity index is 906. The van der Waals surface area contributed by atoms with Crippen LogP contribution in [0.2, 0.25) is 0 Å². The standard InChI is InChI=1S/C20H16F3N3O/c21-20(22,23)18-11-7-16(8-12-18)4-3-15-5-9-17(10-6-15)19(27)25-26-14-2-1-13-24-26/h1-2,5-14H,3-4H2. The average molecular weight is 371 g/mol. The van der Waals surface area contributed by atoms with Gasteiger partial charge >= 0.3 is 6.18 Å². The molecule has 0 aliphatic carbocycles. The first-order chi connectivity index (χ1) is 12.9. The number of alkyl halides is 3. The Labute approximate surface area is 154 Å². The van der Waals surface area contributed by atoms with Crippen LogP contribution in [0, 0.1) is 0 Å². The zero-order valence-electron chi connectivity index (χ0n) is 14.2. The van der Waals surface area contributed by atoms with Crippen molar-refractivity contribution in [2.75, 3.05) is 0 Å². The van der Waals surface area contributed by atoms with Gasteiger partial charge in [-0.1, -0.05) is 36.4 Å². The number of benzene rings is 2. The van der Waals surface area contributed by atoms with Crippen molar-refractivity contribution in [2.24, 2.45) is 5.10 Å². The van der Waals surface area contributed by atoms with Crippen molar-refractivity contribution < 1.29 is 23.1 Å². The summed E-state index contributed by atoms with van der Waals surface area (Å²) in [7, 11) is 0. The van der Waals surface area contributed by atoms with E-state index in [2.05, 4.69) is 10.2 Å². The average Bonchev–Trinajstić information content (AvgIpc) is 2.67. The van der Waals surface area contributed by atoms with Gasteiger partial charge in [0.15, 0.2) is 0 Å². The van der Waals surface area contributed by atoms with Gasteiger partial charge in [-0.05, 0) is 47.7 Å². The molecule has 0 saturated carbocycles. The molecule has 0 aliphatic rings. The lowest BCUT2D eigenvalue weighted by Crippen LogP contribution is -2.36. The molecule has 4 nitrogen and oxygen atoms in total. The van der Waals surface area contributed by atoms with E-state index in [1.807, 2.05) is 12.1 Å². The van der Waals surface area contributed by atoms with Gasteiger partial charge in [0.05, 0.1) is 22.4 Å². The van der Waals surface area contributed by atoms with Gasteiger partial charge in [-0.15, -0.1) is 0 Å². The van der Waals surface area contributed by atoms with Crippen molar-refractivity contribution in [3.8, 4) is 0 Å². The van der Waals surface area contributed by atoms with E-state index in [1.165, 1.54) is 23.1 Å². The molecule has 0 bridgehead atoms. The predicted octanol–water partition coefficient (Wildman–Crippen LogP) is 2.74. The van der Waals surface area contributed by atoms with Gasteiger partial charge < -0.3 is 5.11 Å². The van der Waals surface area contributed by atoms with E-state index in [-0.39, 0.29) is 0 Å². The minimum atomic E-state index is -4.32. The molecule has 0 spiro atoms. The summed E-state index contributed by atoms with van der Waals surface area (Å²) in [6.45, 7) is 0. The molecule has 0 N–H and O–H groups in total. The van der Waals surface area contributed by atoms with E-state index in [0.717, 1.165) is 23.3 Å². The summed E-state index contributed by atoms with van der Waals surface area (Å²) in [6, 6.07) is 15.6. The lowest BCUT2D eigenvalue weighted by atomic mass is 10.0. The molecule has 1 heterocycles. The lowest BCUT2D eigenvalue weighted by molar-refractivity contribution is -0.739. The van der Waals surface area contributed by atoms with Crippen LogP contribution in [0.4, 0.5) is 13.2 Å². The molecule has 2 aromatic carbocycles. The summed E-state index contributed by atoms with van der Waals surface area (Å²) < 4.78 is 37.7. The minimum absolute atomic E-state index is 0.409. The third-order valence-electron chi connectivity index (χ3n) is 3.98. The van der Waals surface area contributed by atoms with Crippen molar-refractivity contribution in [1.29, 1.82) is 0 Å². The van der Waals surface area contributed by atoms with Crippen LogP contribution in [0.5, 0.6) is 0 Å². The fourth-order valence-corrected chi connectivity index (χ4v) is 2.49. The fourth-order valence-electron chi connectivity index (χ4n) is 2.49. The normalized spacial score (nSPS) is 12.2. The van der Waals surface area contributed by atoms with E-state index in [0.29, 0.717) is 18.4 Å². The Morgan fingerprint density at radius 1 is 0.926 bits per heavy atom. The van der Waals surface area contributed by atoms with Gasteiger partial charge in [0.1, 0.15) is 0 Å². The number of nitrogens with zero attached hydrogens (tertiary/aromatic N) is 3. The van der Waals surface area contributed by atoms with Gasteiger partial charge in [-0.2, -0.15) is 13.2 Å².